The summed E-state index contributed by atoms with van der Waals surface area (Å²) in [4.78, 5) is 2.72. The highest BCUT2D eigenvalue weighted by atomic mass is 15.2. The van der Waals surface area contributed by atoms with Crippen LogP contribution in [0.1, 0.15) is 53.4 Å². The predicted octanol–water partition coefficient (Wildman–Crippen LogP) is 2.64. The number of rotatable bonds is 6. The minimum absolute atomic E-state index is 0.426. The normalized spacial score (nSPS) is 23.2. The van der Waals surface area contributed by atoms with Crippen molar-refractivity contribution in [1.82, 2.24) is 10.2 Å². The fourth-order valence-electron chi connectivity index (χ4n) is 2.82. The van der Waals surface area contributed by atoms with Crippen LogP contribution in [0.5, 0.6) is 0 Å². The Labute approximate surface area is 95.4 Å². The maximum atomic E-state index is 3.51. The van der Waals surface area contributed by atoms with Crippen molar-refractivity contribution < 1.29 is 0 Å². The monoisotopic (exact) mass is 212 g/mol. The zero-order chi connectivity index (χ0) is 11.3. The molecule has 1 aliphatic rings. The highest BCUT2D eigenvalue weighted by molar-refractivity contribution is 4.92. The lowest BCUT2D eigenvalue weighted by molar-refractivity contribution is 0.107. The van der Waals surface area contributed by atoms with Crippen LogP contribution in [0.2, 0.25) is 0 Å². The molecule has 90 valence electrons. The van der Waals surface area contributed by atoms with E-state index >= 15 is 0 Å². The van der Waals surface area contributed by atoms with Crippen molar-refractivity contribution in [3.05, 3.63) is 0 Å². The van der Waals surface area contributed by atoms with Gasteiger partial charge in [0.15, 0.2) is 0 Å². The van der Waals surface area contributed by atoms with Crippen molar-refractivity contribution in [2.75, 3.05) is 19.6 Å². The Morgan fingerprint density at radius 3 is 2.53 bits per heavy atom. The summed E-state index contributed by atoms with van der Waals surface area (Å²) in [7, 11) is 0. The Morgan fingerprint density at radius 1 is 1.33 bits per heavy atom. The van der Waals surface area contributed by atoms with Gasteiger partial charge in [-0.25, -0.2) is 0 Å². The third-order valence-corrected chi connectivity index (χ3v) is 3.66. The van der Waals surface area contributed by atoms with Gasteiger partial charge >= 0.3 is 0 Å². The molecule has 0 saturated carbocycles. The number of likely N-dealkylation sites (N-methyl/N-ethyl adjacent to an activating group) is 1. The number of nitrogens with one attached hydrogen (secondary N) is 1. The lowest BCUT2D eigenvalue weighted by Crippen LogP contribution is -2.49. The van der Waals surface area contributed by atoms with E-state index in [1.807, 2.05) is 0 Å². The third kappa shape index (κ3) is 3.46. The van der Waals surface area contributed by atoms with Crippen LogP contribution >= 0.6 is 0 Å². The molecule has 1 aliphatic heterocycles. The van der Waals surface area contributed by atoms with E-state index in [1.54, 1.807) is 0 Å². The summed E-state index contributed by atoms with van der Waals surface area (Å²) in [5.41, 5.74) is 0.426. The van der Waals surface area contributed by atoms with Gasteiger partial charge in [0.25, 0.3) is 0 Å². The molecule has 0 spiro atoms. The molecule has 0 aromatic carbocycles. The average Bonchev–Trinajstić information content (AvgIpc) is 2.53. The molecule has 1 unspecified atom stereocenters. The summed E-state index contributed by atoms with van der Waals surface area (Å²) in [5, 5.41) is 3.51. The zero-order valence-corrected chi connectivity index (χ0v) is 11.0. The minimum atomic E-state index is 0.426. The molecular weight excluding hydrogens is 184 g/mol. The summed E-state index contributed by atoms with van der Waals surface area (Å²) in [6, 6.07) is 0.743. The standard InChI is InChI=1S/C13H28N2/c1-5-8-12(11-14-6-2)15-10-7-9-13(15,3)4/h12,14H,5-11H2,1-4H3. The minimum Gasteiger partial charge on any atom is -0.315 e. The highest BCUT2D eigenvalue weighted by Gasteiger charge is 2.35. The molecule has 0 aromatic rings. The number of hydrogen-bond acceptors (Lipinski definition) is 2. The molecule has 0 bridgehead atoms. The Kier molecular flexibility index (Phi) is 5.07. The Bertz CT molecular complexity index is 177. The first-order valence-corrected chi connectivity index (χ1v) is 6.59. The predicted molar refractivity (Wildman–Crippen MR) is 67.3 cm³/mol. The van der Waals surface area contributed by atoms with Crippen molar-refractivity contribution in [2.45, 2.75) is 65.0 Å². The largest absolute Gasteiger partial charge is 0.315 e. The fourth-order valence-corrected chi connectivity index (χ4v) is 2.82. The number of likely N-dealkylation sites (tertiary alicyclic amines) is 1. The SMILES string of the molecule is CCCC(CNCC)N1CCCC1(C)C. The molecular formula is C13H28N2. The zero-order valence-electron chi connectivity index (χ0n) is 11.0. The maximum Gasteiger partial charge on any atom is 0.0225 e. The van der Waals surface area contributed by atoms with E-state index in [0.29, 0.717) is 5.54 Å². The van der Waals surface area contributed by atoms with E-state index in [9.17, 15) is 0 Å². The molecule has 1 atom stereocenters. The second-order valence-electron chi connectivity index (χ2n) is 5.36. The van der Waals surface area contributed by atoms with Crippen molar-refractivity contribution in [3.8, 4) is 0 Å². The van der Waals surface area contributed by atoms with Crippen LogP contribution in [0.3, 0.4) is 0 Å². The van der Waals surface area contributed by atoms with Gasteiger partial charge in [-0.3, -0.25) is 4.90 Å². The van der Waals surface area contributed by atoms with Gasteiger partial charge in [0.1, 0.15) is 0 Å². The van der Waals surface area contributed by atoms with E-state index < -0.39 is 0 Å². The third-order valence-electron chi connectivity index (χ3n) is 3.66. The molecule has 15 heavy (non-hydrogen) atoms. The van der Waals surface area contributed by atoms with Crippen LogP contribution in [0.25, 0.3) is 0 Å². The van der Waals surface area contributed by atoms with E-state index in [-0.39, 0.29) is 0 Å². The van der Waals surface area contributed by atoms with Gasteiger partial charge in [0.05, 0.1) is 0 Å². The van der Waals surface area contributed by atoms with Crippen LogP contribution < -0.4 is 5.32 Å². The average molecular weight is 212 g/mol. The first-order chi connectivity index (χ1) is 7.11. The lowest BCUT2D eigenvalue weighted by Gasteiger charge is -2.38. The molecule has 0 aromatic heterocycles. The van der Waals surface area contributed by atoms with Crippen molar-refractivity contribution >= 4 is 0 Å². The maximum absolute atomic E-state index is 3.51. The quantitative estimate of drug-likeness (QED) is 0.728. The van der Waals surface area contributed by atoms with Crippen molar-refractivity contribution in [1.29, 1.82) is 0 Å². The van der Waals surface area contributed by atoms with E-state index in [4.69, 9.17) is 0 Å². The first-order valence-electron chi connectivity index (χ1n) is 6.59. The van der Waals surface area contributed by atoms with Crippen LogP contribution in [-0.4, -0.2) is 36.1 Å². The summed E-state index contributed by atoms with van der Waals surface area (Å²) in [6.45, 7) is 12.8. The molecule has 1 fully saturated rings. The van der Waals surface area contributed by atoms with Gasteiger partial charge in [0, 0.05) is 18.1 Å². The molecule has 2 heteroatoms. The summed E-state index contributed by atoms with van der Waals surface area (Å²) >= 11 is 0. The lowest BCUT2D eigenvalue weighted by atomic mass is 9.99. The summed E-state index contributed by atoms with van der Waals surface area (Å²) in [5.74, 6) is 0. The fraction of sp³-hybridized carbons (Fsp3) is 1.00. The van der Waals surface area contributed by atoms with Crippen molar-refractivity contribution in [3.63, 3.8) is 0 Å². The second-order valence-corrected chi connectivity index (χ2v) is 5.36. The first kappa shape index (κ1) is 13.0. The Hall–Kier alpha value is -0.0800. The molecule has 0 radical (unpaired) electrons. The Balaban J connectivity index is 2.53. The molecule has 1 saturated heterocycles. The van der Waals surface area contributed by atoms with Gasteiger partial charge < -0.3 is 5.32 Å². The van der Waals surface area contributed by atoms with Crippen LogP contribution in [0.4, 0.5) is 0 Å². The van der Waals surface area contributed by atoms with Gasteiger partial charge in [-0.2, -0.15) is 0 Å². The molecule has 1 N–H and O–H groups in total. The van der Waals surface area contributed by atoms with Crippen LogP contribution in [0, 0.1) is 0 Å². The summed E-state index contributed by atoms with van der Waals surface area (Å²) in [6.07, 6.45) is 5.36. The topological polar surface area (TPSA) is 15.3 Å². The smallest absolute Gasteiger partial charge is 0.0225 e. The van der Waals surface area contributed by atoms with Gasteiger partial charge in [0.2, 0.25) is 0 Å². The van der Waals surface area contributed by atoms with Gasteiger partial charge in [-0.1, -0.05) is 20.3 Å². The van der Waals surface area contributed by atoms with Crippen LogP contribution in [0.15, 0.2) is 0 Å². The molecule has 0 amide bonds. The number of hydrogen-bond donors (Lipinski definition) is 1. The molecule has 2 nitrogen and oxygen atoms in total. The van der Waals surface area contributed by atoms with Crippen LogP contribution in [-0.2, 0) is 0 Å². The highest BCUT2D eigenvalue weighted by Crippen LogP contribution is 2.31. The molecule has 1 heterocycles. The molecule has 1 rings (SSSR count). The molecule has 0 aliphatic carbocycles. The van der Waals surface area contributed by atoms with Gasteiger partial charge in [-0.15, -0.1) is 0 Å². The van der Waals surface area contributed by atoms with E-state index in [0.717, 1.165) is 19.1 Å². The van der Waals surface area contributed by atoms with Gasteiger partial charge in [-0.05, 0) is 46.2 Å². The summed E-state index contributed by atoms with van der Waals surface area (Å²) < 4.78 is 0. The number of nitrogens with zero attached hydrogens (tertiary/aromatic N) is 1. The van der Waals surface area contributed by atoms with E-state index in [2.05, 4.69) is 37.9 Å². The Morgan fingerprint density at radius 2 is 2.07 bits per heavy atom. The van der Waals surface area contributed by atoms with E-state index in [1.165, 1.54) is 32.2 Å². The second kappa shape index (κ2) is 5.86. The van der Waals surface area contributed by atoms with Crippen molar-refractivity contribution in [2.24, 2.45) is 0 Å².